The highest BCUT2D eigenvalue weighted by Gasteiger charge is 2.20. The highest BCUT2D eigenvalue weighted by atomic mass is 16.5. The van der Waals surface area contributed by atoms with Gasteiger partial charge in [-0.2, -0.15) is 0 Å². The van der Waals surface area contributed by atoms with Gasteiger partial charge in [0.05, 0.1) is 0 Å². The number of fused-ring (bicyclic) bond motifs is 1. The lowest BCUT2D eigenvalue weighted by molar-refractivity contribution is 0.183. The van der Waals surface area contributed by atoms with Crippen LogP contribution in [0.1, 0.15) is 75.3 Å². The number of ether oxygens (including phenoxy) is 1. The minimum Gasteiger partial charge on any atom is -0.508 e. The monoisotopic (exact) mass is 381 g/mol. The number of hydrogen-bond donors (Lipinski definition) is 1. The fraction of sp³-hybridized carbons (Fsp3) is 0.600. The van der Waals surface area contributed by atoms with Crippen LogP contribution in [0.5, 0.6) is 11.5 Å². The van der Waals surface area contributed by atoms with E-state index in [9.17, 15) is 5.11 Å². The molecule has 1 N–H and O–H groups in total. The maximum atomic E-state index is 10.8. The van der Waals surface area contributed by atoms with Crippen molar-refractivity contribution in [2.75, 3.05) is 26.2 Å². The molecule has 0 spiro atoms. The summed E-state index contributed by atoms with van der Waals surface area (Å²) in [6.07, 6.45) is 11.2. The minimum absolute atomic E-state index is 0.452. The minimum atomic E-state index is 0.452. The number of likely N-dealkylation sites (tertiary alicyclic amines) is 1. The van der Waals surface area contributed by atoms with Crippen molar-refractivity contribution in [2.45, 2.75) is 70.6 Å². The fourth-order valence-electron chi connectivity index (χ4n) is 5.05. The molecule has 0 atom stereocenters. The molecular formula is C25H35NO2. The van der Waals surface area contributed by atoms with E-state index in [1.54, 1.807) is 0 Å². The van der Waals surface area contributed by atoms with Crippen LogP contribution in [0.3, 0.4) is 0 Å². The van der Waals surface area contributed by atoms with E-state index in [2.05, 4.69) is 30.0 Å². The van der Waals surface area contributed by atoms with Gasteiger partial charge in [-0.05, 0) is 79.8 Å². The topological polar surface area (TPSA) is 32.7 Å². The second kappa shape index (κ2) is 9.17. The summed E-state index contributed by atoms with van der Waals surface area (Å²) in [5, 5.41) is 13.1. The molecule has 2 fully saturated rings. The molecule has 0 unspecified atom stereocenters. The fourth-order valence-corrected chi connectivity index (χ4v) is 5.05. The van der Waals surface area contributed by atoms with Crippen LogP contribution >= 0.6 is 0 Å². The Labute approximate surface area is 169 Å². The van der Waals surface area contributed by atoms with Gasteiger partial charge in [-0.3, -0.25) is 4.90 Å². The third-order valence-corrected chi connectivity index (χ3v) is 6.73. The van der Waals surface area contributed by atoms with Crippen molar-refractivity contribution in [1.82, 2.24) is 4.90 Å². The van der Waals surface area contributed by atoms with Gasteiger partial charge in [0.1, 0.15) is 18.1 Å². The molecule has 1 aliphatic carbocycles. The van der Waals surface area contributed by atoms with Gasteiger partial charge >= 0.3 is 0 Å². The highest BCUT2D eigenvalue weighted by molar-refractivity contribution is 5.91. The summed E-state index contributed by atoms with van der Waals surface area (Å²) in [6, 6.07) is 8.60. The highest BCUT2D eigenvalue weighted by Crippen LogP contribution is 2.41. The molecular weight excluding hydrogens is 346 g/mol. The van der Waals surface area contributed by atoms with E-state index in [1.165, 1.54) is 75.4 Å². The Hall–Kier alpha value is -1.74. The lowest BCUT2D eigenvalue weighted by Gasteiger charge is -2.26. The van der Waals surface area contributed by atoms with Crippen molar-refractivity contribution in [2.24, 2.45) is 0 Å². The van der Waals surface area contributed by atoms with E-state index in [-0.39, 0.29) is 0 Å². The van der Waals surface area contributed by atoms with E-state index in [0.29, 0.717) is 11.7 Å². The smallest absolute Gasteiger partial charge is 0.130 e. The van der Waals surface area contributed by atoms with Crippen LogP contribution < -0.4 is 4.74 Å². The molecule has 0 amide bonds. The van der Waals surface area contributed by atoms with Gasteiger partial charge in [-0.15, -0.1) is 0 Å². The Balaban J connectivity index is 1.57. The molecule has 0 radical (unpaired) electrons. The first-order valence-electron chi connectivity index (χ1n) is 11.4. The Morgan fingerprint density at radius 3 is 2.50 bits per heavy atom. The van der Waals surface area contributed by atoms with Crippen LogP contribution in [0.25, 0.3) is 10.8 Å². The zero-order valence-electron chi connectivity index (χ0n) is 17.4. The predicted molar refractivity (Wildman–Crippen MR) is 117 cm³/mol. The number of phenolic OH excluding ortho intramolecular Hbond substituents is 1. The van der Waals surface area contributed by atoms with Crippen molar-refractivity contribution in [3.8, 4) is 11.5 Å². The van der Waals surface area contributed by atoms with Gasteiger partial charge < -0.3 is 9.84 Å². The molecule has 28 heavy (non-hydrogen) atoms. The zero-order chi connectivity index (χ0) is 19.3. The summed E-state index contributed by atoms with van der Waals surface area (Å²) in [6.45, 7) is 6.29. The first-order valence-corrected chi connectivity index (χ1v) is 11.4. The molecule has 3 heteroatoms. The molecule has 3 nitrogen and oxygen atoms in total. The Morgan fingerprint density at radius 1 is 1.00 bits per heavy atom. The second-order valence-electron chi connectivity index (χ2n) is 8.63. The third kappa shape index (κ3) is 4.30. The molecule has 2 aliphatic rings. The predicted octanol–water partition coefficient (Wildman–Crippen LogP) is 6.02. The summed E-state index contributed by atoms with van der Waals surface area (Å²) in [5.74, 6) is 1.93. The van der Waals surface area contributed by atoms with Crippen LogP contribution in [0, 0.1) is 0 Å². The number of phenols is 1. The number of hydrogen-bond acceptors (Lipinski definition) is 3. The van der Waals surface area contributed by atoms with Crippen LogP contribution in [-0.4, -0.2) is 36.2 Å². The summed E-state index contributed by atoms with van der Waals surface area (Å²) in [4.78, 5) is 2.51. The van der Waals surface area contributed by atoms with Crippen molar-refractivity contribution in [3.63, 3.8) is 0 Å². The number of rotatable bonds is 6. The Kier molecular flexibility index (Phi) is 6.41. The summed E-state index contributed by atoms with van der Waals surface area (Å²) in [5.41, 5.74) is 2.37. The standard InChI is InChI=1S/C25H35NO2/c1-2-19-11-12-21-17-22(20-9-5-3-6-10-20)24(27)18-23(21)25(19)28-16-15-26-13-7-4-8-14-26/h11-12,17-18,20,27H,2-10,13-16H2,1H3. The first-order chi connectivity index (χ1) is 13.8. The number of aromatic hydroxyl groups is 1. The lowest BCUT2D eigenvalue weighted by Crippen LogP contribution is -2.33. The van der Waals surface area contributed by atoms with Gasteiger partial charge in [-0.25, -0.2) is 0 Å². The SMILES string of the molecule is CCc1ccc2cc(C3CCCCC3)c(O)cc2c1OCCN1CCCCC1. The number of nitrogens with zero attached hydrogens (tertiary/aromatic N) is 1. The summed E-state index contributed by atoms with van der Waals surface area (Å²) >= 11 is 0. The molecule has 2 aromatic rings. The largest absolute Gasteiger partial charge is 0.508 e. The van der Waals surface area contributed by atoms with Gasteiger partial charge in [0.2, 0.25) is 0 Å². The van der Waals surface area contributed by atoms with Crippen LogP contribution in [-0.2, 0) is 6.42 Å². The first kappa shape index (κ1) is 19.6. The second-order valence-corrected chi connectivity index (χ2v) is 8.63. The molecule has 1 saturated heterocycles. The molecule has 152 valence electrons. The quantitative estimate of drug-likeness (QED) is 0.664. The van der Waals surface area contributed by atoms with E-state index in [1.807, 2.05) is 6.07 Å². The van der Waals surface area contributed by atoms with Crippen molar-refractivity contribution < 1.29 is 9.84 Å². The summed E-state index contributed by atoms with van der Waals surface area (Å²) < 4.78 is 6.33. The van der Waals surface area contributed by atoms with Gasteiger partial charge in [0, 0.05) is 11.9 Å². The lowest BCUT2D eigenvalue weighted by atomic mass is 9.83. The molecule has 4 rings (SSSR count). The molecule has 0 bridgehead atoms. The number of piperidine rings is 1. The van der Waals surface area contributed by atoms with E-state index >= 15 is 0 Å². The summed E-state index contributed by atoms with van der Waals surface area (Å²) in [7, 11) is 0. The van der Waals surface area contributed by atoms with Crippen LogP contribution in [0.2, 0.25) is 0 Å². The normalized spacial score (nSPS) is 19.2. The average molecular weight is 382 g/mol. The van der Waals surface area contributed by atoms with Gasteiger partial charge in [-0.1, -0.05) is 44.7 Å². The average Bonchev–Trinajstić information content (AvgIpc) is 2.75. The maximum Gasteiger partial charge on any atom is 0.130 e. The Bertz CT molecular complexity index is 789. The molecule has 2 aromatic carbocycles. The van der Waals surface area contributed by atoms with Gasteiger partial charge in [0.15, 0.2) is 0 Å². The van der Waals surface area contributed by atoms with Crippen molar-refractivity contribution in [3.05, 3.63) is 35.4 Å². The van der Waals surface area contributed by atoms with E-state index < -0.39 is 0 Å². The van der Waals surface area contributed by atoms with Gasteiger partial charge in [0.25, 0.3) is 0 Å². The molecule has 1 saturated carbocycles. The zero-order valence-corrected chi connectivity index (χ0v) is 17.4. The molecule has 1 aliphatic heterocycles. The van der Waals surface area contributed by atoms with Crippen molar-refractivity contribution >= 4 is 10.8 Å². The number of aryl methyl sites for hydroxylation is 1. The Morgan fingerprint density at radius 2 is 1.75 bits per heavy atom. The molecule has 0 aromatic heterocycles. The third-order valence-electron chi connectivity index (χ3n) is 6.73. The van der Waals surface area contributed by atoms with Crippen LogP contribution in [0.4, 0.5) is 0 Å². The van der Waals surface area contributed by atoms with Crippen LogP contribution in [0.15, 0.2) is 24.3 Å². The number of benzene rings is 2. The van der Waals surface area contributed by atoms with E-state index in [4.69, 9.17) is 4.74 Å². The van der Waals surface area contributed by atoms with E-state index in [0.717, 1.165) is 36.3 Å². The maximum absolute atomic E-state index is 10.8. The van der Waals surface area contributed by atoms with Crippen molar-refractivity contribution in [1.29, 1.82) is 0 Å². The molecule has 1 heterocycles.